The first-order valence-corrected chi connectivity index (χ1v) is 14.4. The molecule has 0 radical (unpaired) electrons. The predicted octanol–water partition coefficient (Wildman–Crippen LogP) is -1.05. The number of esters is 5. The standard InChI is InChI=1S/C29H42N2O16/c1-9-10-39-28-22(30-13(2)32)26(43-18(7)37)25(21(45-28)12-41-16(5)35)47-29-23(31-14(3)33)27(44-19(8)38)24(42-17(6)36)20(46-29)11-40-15(4)34/h9,20-29H,1,10-12H2,2-8H3,(H,30,32)(H,31,33)/t20-,21-,22-,23-,24-,25-,26-,27-,28-,29+/m1/s1/i12D/t12?,20-,21-,22-,23-,24-,25-,26-,27-,28-,29+. The van der Waals surface area contributed by atoms with Crippen LogP contribution in [0.25, 0.3) is 0 Å². The summed E-state index contributed by atoms with van der Waals surface area (Å²) in [6.07, 6.45) is -11.0. The van der Waals surface area contributed by atoms with E-state index in [0.29, 0.717) is 0 Å². The van der Waals surface area contributed by atoms with Crippen molar-refractivity contribution in [1.82, 2.24) is 10.6 Å². The fraction of sp³-hybridized carbons (Fsp3) is 0.690. The van der Waals surface area contributed by atoms with Gasteiger partial charge in [0.25, 0.3) is 0 Å². The summed E-state index contributed by atoms with van der Waals surface area (Å²) in [5.74, 6) is -5.52. The summed E-state index contributed by atoms with van der Waals surface area (Å²) in [6, 6.07) is -2.79. The third kappa shape index (κ3) is 12.2. The van der Waals surface area contributed by atoms with Gasteiger partial charge in [-0.2, -0.15) is 0 Å². The average Bonchev–Trinajstić information content (AvgIpc) is 2.94. The molecule has 1 unspecified atom stereocenters. The van der Waals surface area contributed by atoms with E-state index in [1.165, 1.54) is 13.0 Å². The van der Waals surface area contributed by atoms with Gasteiger partial charge in [0.05, 0.1) is 7.98 Å². The summed E-state index contributed by atoms with van der Waals surface area (Å²) < 4.78 is 59.3. The Morgan fingerprint density at radius 3 is 1.60 bits per heavy atom. The molecule has 2 fully saturated rings. The zero-order chi connectivity index (χ0) is 36.3. The monoisotopic (exact) mass is 675 g/mol. The smallest absolute Gasteiger partial charge is 0.303 e. The number of amides is 2. The van der Waals surface area contributed by atoms with E-state index in [4.69, 9.17) is 44.0 Å². The van der Waals surface area contributed by atoms with Crippen molar-refractivity contribution in [2.45, 2.75) is 110 Å². The number of nitrogens with one attached hydrogen (secondary N) is 2. The van der Waals surface area contributed by atoms with Gasteiger partial charge in [0.15, 0.2) is 30.9 Å². The highest BCUT2D eigenvalue weighted by molar-refractivity contribution is 5.74. The van der Waals surface area contributed by atoms with Gasteiger partial charge in [0, 0.05) is 48.5 Å². The van der Waals surface area contributed by atoms with Crippen molar-refractivity contribution in [2.24, 2.45) is 0 Å². The van der Waals surface area contributed by atoms with Crippen LogP contribution in [0.4, 0.5) is 0 Å². The molecule has 47 heavy (non-hydrogen) atoms. The predicted molar refractivity (Wildman–Crippen MR) is 153 cm³/mol. The van der Waals surface area contributed by atoms with Crippen molar-refractivity contribution < 1.29 is 77.6 Å². The minimum Gasteiger partial charge on any atom is -0.463 e. The van der Waals surface area contributed by atoms with Gasteiger partial charge >= 0.3 is 29.8 Å². The van der Waals surface area contributed by atoms with Crippen LogP contribution in [0.2, 0.25) is 0 Å². The van der Waals surface area contributed by atoms with Crippen LogP contribution in [-0.2, 0) is 76.2 Å². The van der Waals surface area contributed by atoms with Crippen molar-refractivity contribution >= 4 is 41.7 Å². The summed E-state index contributed by atoms with van der Waals surface area (Å²) in [4.78, 5) is 85.2. The number of rotatable bonds is 14. The molecule has 2 N–H and O–H groups in total. The average molecular weight is 676 g/mol. The fourth-order valence-electron chi connectivity index (χ4n) is 4.87. The molecule has 18 nitrogen and oxygen atoms in total. The quantitative estimate of drug-likeness (QED) is 0.127. The molecule has 2 aliphatic rings. The summed E-state index contributed by atoms with van der Waals surface area (Å²) >= 11 is 0. The van der Waals surface area contributed by atoms with E-state index in [9.17, 15) is 33.6 Å². The molecule has 0 aromatic carbocycles. The third-order valence-corrected chi connectivity index (χ3v) is 6.37. The van der Waals surface area contributed by atoms with Crippen LogP contribution in [0.15, 0.2) is 12.7 Å². The van der Waals surface area contributed by atoms with Crippen molar-refractivity contribution in [1.29, 1.82) is 0 Å². The molecule has 11 atom stereocenters. The topological polar surface area (TPSA) is 227 Å². The molecule has 2 aliphatic heterocycles. The molecule has 0 aromatic rings. The van der Waals surface area contributed by atoms with Gasteiger partial charge < -0.3 is 53.3 Å². The maximum atomic E-state index is 12.4. The minimum atomic E-state index is -1.86. The number of carbonyl (C=O) groups is 7. The van der Waals surface area contributed by atoms with E-state index in [0.717, 1.165) is 41.5 Å². The van der Waals surface area contributed by atoms with Crippen LogP contribution >= 0.6 is 0 Å². The highest BCUT2D eigenvalue weighted by Gasteiger charge is 2.56. The molecule has 0 aliphatic carbocycles. The van der Waals surface area contributed by atoms with E-state index in [1.54, 1.807) is 0 Å². The Kier molecular flexibility index (Phi) is 14.5. The fourth-order valence-corrected chi connectivity index (χ4v) is 4.87. The lowest BCUT2D eigenvalue weighted by atomic mass is 9.94. The molecule has 0 aromatic heterocycles. The largest absolute Gasteiger partial charge is 0.463 e. The summed E-state index contributed by atoms with van der Waals surface area (Å²) in [7, 11) is 0. The molecule has 0 bridgehead atoms. The SMILES string of the molecule is [2H]C(OC(C)=O)[C@H]1O[C@@H](OCC=C)[C@H](NC(C)=O)[C@@H](OC(C)=O)[C@@H]1O[C@@H]1O[C@H](COC(C)=O)[C@@H](OC(C)=O)[C@H](OC(C)=O)[C@H]1NC(C)=O. The Labute approximate surface area is 272 Å². The molecule has 2 saturated heterocycles. The molecule has 2 rings (SSSR count). The first-order chi connectivity index (χ1) is 22.4. The Bertz CT molecular complexity index is 1220. The zero-order valence-corrected chi connectivity index (χ0v) is 27.1. The van der Waals surface area contributed by atoms with Gasteiger partial charge in [-0.15, -0.1) is 6.58 Å². The maximum absolute atomic E-state index is 12.4. The lowest BCUT2D eigenvalue weighted by Gasteiger charge is -2.49. The lowest BCUT2D eigenvalue weighted by molar-refractivity contribution is -0.333. The Morgan fingerprint density at radius 2 is 1.13 bits per heavy atom. The van der Waals surface area contributed by atoms with Gasteiger partial charge in [0.2, 0.25) is 11.8 Å². The molecule has 18 heteroatoms. The Balaban J connectivity index is 2.77. The van der Waals surface area contributed by atoms with Gasteiger partial charge in [-0.05, 0) is 0 Å². The van der Waals surface area contributed by atoms with Crippen molar-refractivity contribution in [2.75, 3.05) is 19.8 Å². The third-order valence-electron chi connectivity index (χ3n) is 6.37. The second-order valence-electron chi connectivity index (χ2n) is 10.5. The van der Waals surface area contributed by atoms with Crippen LogP contribution in [0.1, 0.15) is 49.8 Å². The normalized spacial score (nSPS) is 31.1. The molecule has 2 heterocycles. The van der Waals surface area contributed by atoms with Crippen LogP contribution < -0.4 is 10.6 Å². The van der Waals surface area contributed by atoms with E-state index in [1.807, 2.05) is 0 Å². The summed E-state index contributed by atoms with van der Waals surface area (Å²) in [6.45, 7) is 8.61. The van der Waals surface area contributed by atoms with E-state index in [2.05, 4.69) is 17.2 Å². The molecule has 0 saturated carbocycles. The summed E-state index contributed by atoms with van der Waals surface area (Å²) in [5.41, 5.74) is 0. The van der Waals surface area contributed by atoms with E-state index >= 15 is 0 Å². The molecular weight excluding hydrogens is 632 g/mol. The van der Waals surface area contributed by atoms with E-state index < -0.39 is 116 Å². The Morgan fingerprint density at radius 1 is 0.660 bits per heavy atom. The van der Waals surface area contributed by atoms with Gasteiger partial charge in [-0.25, -0.2) is 0 Å². The second kappa shape index (κ2) is 18.3. The summed E-state index contributed by atoms with van der Waals surface area (Å²) in [5, 5.41) is 5.09. The lowest BCUT2D eigenvalue weighted by Crippen LogP contribution is -2.70. The first-order valence-electron chi connectivity index (χ1n) is 15.0. The van der Waals surface area contributed by atoms with Gasteiger partial charge in [-0.1, -0.05) is 6.08 Å². The number of hydrogen-bond donors (Lipinski definition) is 2. The van der Waals surface area contributed by atoms with E-state index in [-0.39, 0.29) is 6.61 Å². The van der Waals surface area contributed by atoms with Crippen molar-refractivity contribution in [3.8, 4) is 0 Å². The van der Waals surface area contributed by atoms with Gasteiger partial charge in [-0.3, -0.25) is 33.6 Å². The van der Waals surface area contributed by atoms with Crippen molar-refractivity contribution in [3.05, 3.63) is 12.7 Å². The molecular formula is C29H42N2O16. The Hall–Kier alpha value is -4.13. The van der Waals surface area contributed by atoms with Crippen LogP contribution in [0.5, 0.6) is 0 Å². The first kappa shape index (κ1) is 37.3. The number of hydrogen-bond acceptors (Lipinski definition) is 16. The highest BCUT2D eigenvalue weighted by atomic mass is 16.7. The maximum Gasteiger partial charge on any atom is 0.303 e. The molecule has 2 amide bonds. The van der Waals surface area contributed by atoms with Gasteiger partial charge in [0.1, 0.15) is 43.6 Å². The van der Waals surface area contributed by atoms with Crippen LogP contribution in [0, 0.1) is 0 Å². The van der Waals surface area contributed by atoms with Crippen molar-refractivity contribution in [3.63, 3.8) is 0 Å². The minimum absolute atomic E-state index is 0.127. The highest BCUT2D eigenvalue weighted by Crippen LogP contribution is 2.33. The van der Waals surface area contributed by atoms with Crippen LogP contribution in [-0.4, -0.2) is 123 Å². The molecule has 264 valence electrons. The second-order valence-corrected chi connectivity index (χ2v) is 10.5. The number of carbonyl (C=O) groups excluding carboxylic acids is 7. The molecule has 0 spiro atoms. The number of ether oxygens (including phenoxy) is 9. The zero-order valence-electron chi connectivity index (χ0n) is 28.1. The van der Waals surface area contributed by atoms with Crippen LogP contribution in [0.3, 0.4) is 0 Å².